The average Bonchev–Trinajstić information content (AvgIpc) is 2.56. The molecule has 0 aliphatic rings. The topological polar surface area (TPSA) is 52.0 Å². The van der Waals surface area contributed by atoms with Crippen LogP contribution in [0.25, 0.3) is 0 Å². The molecule has 1 aromatic carbocycles. The lowest BCUT2D eigenvalue weighted by atomic mass is 10.3. The number of hydrogen-bond donors (Lipinski definition) is 0. The second-order valence-corrected chi connectivity index (χ2v) is 6.91. The SMILES string of the molecule is Cc1nn(C)c(CS(=O)(=O)c2ccccc2F)c1Br. The Morgan fingerprint density at radius 1 is 1.37 bits per heavy atom. The van der Waals surface area contributed by atoms with E-state index < -0.39 is 15.7 Å². The zero-order valence-corrected chi connectivity index (χ0v) is 12.8. The molecule has 0 saturated carbocycles. The predicted octanol–water partition coefficient (Wildman–Crippen LogP) is 2.60. The van der Waals surface area contributed by atoms with Gasteiger partial charge in [-0.15, -0.1) is 0 Å². The molecule has 4 nitrogen and oxygen atoms in total. The lowest BCUT2D eigenvalue weighted by Gasteiger charge is -2.06. The monoisotopic (exact) mass is 346 g/mol. The molecule has 0 saturated heterocycles. The second-order valence-electron chi connectivity index (χ2n) is 4.16. The van der Waals surface area contributed by atoms with Gasteiger partial charge in [-0.25, -0.2) is 12.8 Å². The molecule has 0 atom stereocenters. The summed E-state index contributed by atoms with van der Waals surface area (Å²) in [7, 11) is -2.08. The number of benzene rings is 1. The van der Waals surface area contributed by atoms with Crippen molar-refractivity contribution in [2.75, 3.05) is 0 Å². The minimum atomic E-state index is -3.74. The van der Waals surface area contributed by atoms with Gasteiger partial charge in [0, 0.05) is 7.05 Å². The smallest absolute Gasteiger partial charge is 0.186 e. The maximum Gasteiger partial charge on any atom is 0.186 e. The molecule has 19 heavy (non-hydrogen) atoms. The second kappa shape index (κ2) is 5.05. The molecular weight excluding hydrogens is 335 g/mol. The highest BCUT2D eigenvalue weighted by Crippen LogP contribution is 2.25. The molecule has 0 bridgehead atoms. The molecule has 0 spiro atoms. The van der Waals surface area contributed by atoms with Crippen LogP contribution in [0.1, 0.15) is 11.4 Å². The highest BCUT2D eigenvalue weighted by molar-refractivity contribution is 9.10. The van der Waals surface area contributed by atoms with E-state index >= 15 is 0 Å². The van der Waals surface area contributed by atoms with E-state index in [2.05, 4.69) is 21.0 Å². The number of hydrogen-bond acceptors (Lipinski definition) is 3. The number of aryl methyl sites for hydroxylation is 2. The van der Waals surface area contributed by atoms with Crippen LogP contribution in [0, 0.1) is 12.7 Å². The quantitative estimate of drug-likeness (QED) is 0.858. The minimum absolute atomic E-state index is 0.291. The fourth-order valence-electron chi connectivity index (χ4n) is 1.79. The third-order valence-electron chi connectivity index (χ3n) is 2.76. The normalized spacial score (nSPS) is 11.8. The summed E-state index contributed by atoms with van der Waals surface area (Å²) in [5, 5.41) is 4.12. The average molecular weight is 347 g/mol. The lowest BCUT2D eigenvalue weighted by Crippen LogP contribution is -2.10. The van der Waals surface area contributed by atoms with E-state index in [0.29, 0.717) is 15.9 Å². The third-order valence-corrected chi connectivity index (χ3v) is 5.45. The molecule has 0 aliphatic heterocycles. The van der Waals surface area contributed by atoms with E-state index in [-0.39, 0.29) is 10.6 Å². The Balaban J connectivity index is 2.46. The van der Waals surface area contributed by atoms with E-state index in [1.807, 2.05) is 0 Å². The van der Waals surface area contributed by atoms with Gasteiger partial charge in [-0.1, -0.05) is 12.1 Å². The Hall–Kier alpha value is -1.21. The zero-order valence-electron chi connectivity index (χ0n) is 10.4. The molecule has 0 radical (unpaired) electrons. The van der Waals surface area contributed by atoms with Crippen molar-refractivity contribution in [3.8, 4) is 0 Å². The van der Waals surface area contributed by atoms with E-state index in [0.717, 1.165) is 6.07 Å². The fourth-order valence-corrected chi connectivity index (χ4v) is 3.95. The summed E-state index contributed by atoms with van der Waals surface area (Å²) in [6, 6.07) is 5.36. The number of nitrogens with zero attached hydrogens (tertiary/aromatic N) is 2. The molecule has 0 N–H and O–H groups in total. The van der Waals surface area contributed by atoms with Crippen molar-refractivity contribution in [1.82, 2.24) is 9.78 Å². The summed E-state index contributed by atoms with van der Waals surface area (Å²) in [6.07, 6.45) is 0. The minimum Gasteiger partial charge on any atom is -0.270 e. The van der Waals surface area contributed by atoms with Gasteiger partial charge in [-0.05, 0) is 35.0 Å². The van der Waals surface area contributed by atoms with Crippen molar-refractivity contribution >= 4 is 25.8 Å². The van der Waals surface area contributed by atoms with Gasteiger partial charge < -0.3 is 0 Å². The Morgan fingerprint density at radius 3 is 2.53 bits per heavy atom. The Kier molecular flexibility index (Phi) is 3.78. The van der Waals surface area contributed by atoms with Crippen LogP contribution < -0.4 is 0 Å². The third kappa shape index (κ3) is 2.71. The van der Waals surface area contributed by atoms with E-state index in [1.165, 1.54) is 22.9 Å². The number of sulfone groups is 1. The summed E-state index contributed by atoms with van der Waals surface area (Å²) in [6.45, 7) is 1.77. The molecule has 1 heterocycles. The zero-order chi connectivity index (χ0) is 14.2. The maximum atomic E-state index is 13.6. The largest absolute Gasteiger partial charge is 0.270 e. The van der Waals surface area contributed by atoms with Crippen molar-refractivity contribution in [2.45, 2.75) is 17.6 Å². The molecule has 2 aromatic rings. The summed E-state index contributed by atoms with van der Waals surface area (Å²) in [5.41, 5.74) is 1.20. The molecule has 1 aromatic heterocycles. The molecule has 102 valence electrons. The van der Waals surface area contributed by atoms with Gasteiger partial charge >= 0.3 is 0 Å². The van der Waals surface area contributed by atoms with Crippen LogP contribution in [0.4, 0.5) is 4.39 Å². The number of halogens is 2. The van der Waals surface area contributed by atoms with Crippen molar-refractivity contribution in [1.29, 1.82) is 0 Å². The van der Waals surface area contributed by atoms with Gasteiger partial charge in [0.25, 0.3) is 0 Å². The Bertz CT molecular complexity index is 725. The predicted molar refractivity (Wildman–Crippen MR) is 72.9 cm³/mol. The van der Waals surface area contributed by atoms with Crippen molar-refractivity contribution in [3.63, 3.8) is 0 Å². The van der Waals surface area contributed by atoms with Crippen molar-refractivity contribution < 1.29 is 12.8 Å². The van der Waals surface area contributed by atoms with E-state index in [1.54, 1.807) is 14.0 Å². The first-order chi connectivity index (χ1) is 8.83. The highest BCUT2D eigenvalue weighted by atomic mass is 79.9. The van der Waals surface area contributed by atoms with Gasteiger partial charge in [0.15, 0.2) is 9.84 Å². The fraction of sp³-hybridized carbons (Fsp3) is 0.250. The summed E-state index contributed by atoms with van der Waals surface area (Å²) >= 11 is 3.30. The van der Waals surface area contributed by atoms with Crippen molar-refractivity contribution in [2.24, 2.45) is 7.05 Å². The first kappa shape index (κ1) is 14.2. The summed E-state index contributed by atoms with van der Waals surface area (Å²) in [5.74, 6) is -1.04. The van der Waals surface area contributed by atoms with Crippen LogP contribution in [-0.2, 0) is 22.6 Å². The van der Waals surface area contributed by atoms with Crippen LogP contribution in [-0.4, -0.2) is 18.2 Å². The Morgan fingerprint density at radius 2 is 2.00 bits per heavy atom. The van der Waals surface area contributed by atoms with Crippen LogP contribution >= 0.6 is 15.9 Å². The van der Waals surface area contributed by atoms with Crippen LogP contribution in [0.5, 0.6) is 0 Å². The van der Waals surface area contributed by atoms with Gasteiger partial charge in [-0.3, -0.25) is 4.68 Å². The number of aromatic nitrogens is 2. The van der Waals surface area contributed by atoms with E-state index in [9.17, 15) is 12.8 Å². The molecule has 0 amide bonds. The van der Waals surface area contributed by atoms with Crippen LogP contribution in [0.15, 0.2) is 33.6 Å². The Labute approximate surface area is 119 Å². The standard InChI is InChI=1S/C12H12BrFN2O2S/c1-8-12(13)10(16(2)15-8)7-19(17,18)11-6-4-3-5-9(11)14/h3-6H,7H2,1-2H3. The molecule has 0 fully saturated rings. The highest BCUT2D eigenvalue weighted by Gasteiger charge is 2.23. The summed E-state index contributed by atoms with van der Waals surface area (Å²) < 4.78 is 40.2. The molecular formula is C12H12BrFN2O2S. The molecule has 0 aliphatic carbocycles. The van der Waals surface area contributed by atoms with Gasteiger partial charge in [-0.2, -0.15) is 5.10 Å². The summed E-state index contributed by atoms with van der Waals surface area (Å²) in [4.78, 5) is -0.291. The molecule has 0 unspecified atom stereocenters. The molecule has 7 heteroatoms. The van der Waals surface area contributed by atoms with Gasteiger partial charge in [0.2, 0.25) is 0 Å². The van der Waals surface area contributed by atoms with Gasteiger partial charge in [0.05, 0.1) is 21.6 Å². The van der Waals surface area contributed by atoms with Gasteiger partial charge in [0.1, 0.15) is 10.7 Å². The lowest BCUT2D eigenvalue weighted by molar-refractivity contribution is 0.564. The first-order valence-corrected chi connectivity index (χ1v) is 7.92. The van der Waals surface area contributed by atoms with Crippen molar-refractivity contribution in [3.05, 3.63) is 45.9 Å². The maximum absolute atomic E-state index is 13.6. The van der Waals surface area contributed by atoms with Crippen LogP contribution in [0.2, 0.25) is 0 Å². The number of rotatable bonds is 3. The molecule has 2 rings (SSSR count). The van der Waals surface area contributed by atoms with E-state index in [4.69, 9.17) is 0 Å². The first-order valence-electron chi connectivity index (χ1n) is 5.48. The van der Waals surface area contributed by atoms with Crippen LogP contribution in [0.3, 0.4) is 0 Å².